The fourth-order valence-electron chi connectivity index (χ4n) is 1.26. The van der Waals surface area contributed by atoms with Crippen LogP contribution in [0.5, 0.6) is 0 Å². The first kappa shape index (κ1) is 13.1. The summed E-state index contributed by atoms with van der Waals surface area (Å²) in [5.74, 6) is -0.405. The van der Waals surface area contributed by atoms with Crippen LogP contribution in [0.25, 0.3) is 0 Å². The summed E-state index contributed by atoms with van der Waals surface area (Å²) in [5.41, 5.74) is 5.50. The van der Waals surface area contributed by atoms with Crippen LogP contribution in [-0.4, -0.2) is 24.4 Å². The number of carbonyl (C=O) groups is 1. The largest absolute Gasteiger partial charge is 0.449 e. The fourth-order valence-corrected chi connectivity index (χ4v) is 1.82. The number of primary amides is 1. The summed E-state index contributed by atoms with van der Waals surface area (Å²) in [7, 11) is 0. The van der Waals surface area contributed by atoms with Gasteiger partial charge in [-0.2, -0.15) is 0 Å². The Balaban J connectivity index is 2.82. The first-order valence-electron chi connectivity index (χ1n) is 4.52. The molecule has 0 heterocycles. The molecule has 1 amide bonds. The third-order valence-corrected chi connectivity index (χ3v) is 2.61. The van der Waals surface area contributed by atoms with Crippen molar-refractivity contribution in [2.24, 2.45) is 5.73 Å². The van der Waals surface area contributed by atoms with Crippen LogP contribution in [-0.2, 0) is 4.74 Å². The number of nitrogens with two attached hydrogens (primary N) is 1. The van der Waals surface area contributed by atoms with Crippen LogP contribution in [0.2, 0.25) is 10.0 Å². The highest BCUT2D eigenvalue weighted by molar-refractivity contribution is 6.35. The average Bonchev–Trinajstić information content (AvgIpc) is 2.21. The number of halogens is 2. The first-order valence-corrected chi connectivity index (χ1v) is 5.28. The molecule has 0 aromatic heterocycles. The van der Waals surface area contributed by atoms with Crippen LogP contribution in [0.4, 0.5) is 4.79 Å². The van der Waals surface area contributed by atoms with Crippen molar-refractivity contribution in [3.8, 4) is 0 Å². The lowest BCUT2D eigenvalue weighted by molar-refractivity contribution is 0.133. The van der Waals surface area contributed by atoms with E-state index in [0.29, 0.717) is 15.6 Å². The number of hydrogen-bond donors (Lipinski definition) is 2. The standard InChI is InChI=1S/C10H11Cl2NO3/c11-7-1-2-8(9(12)3-7)6(4-14)5-16-10(13)15/h1-3,6,14H,4-5H2,(H2,13,15)/t6-/m0/s1. The van der Waals surface area contributed by atoms with E-state index in [0.717, 1.165) is 0 Å². The Bertz CT molecular complexity index is 384. The van der Waals surface area contributed by atoms with Crippen LogP contribution in [0.15, 0.2) is 18.2 Å². The van der Waals surface area contributed by atoms with Crippen molar-refractivity contribution in [2.45, 2.75) is 5.92 Å². The predicted octanol–water partition coefficient (Wildman–Crippen LogP) is 2.16. The lowest BCUT2D eigenvalue weighted by Gasteiger charge is -2.15. The normalized spacial score (nSPS) is 12.2. The van der Waals surface area contributed by atoms with Gasteiger partial charge in [0.25, 0.3) is 0 Å². The number of hydrogen-bond acceptors (Lipinski definition) is 3. The maximum atomic E-state index is 10.5. The molecule has 0 saturated carbocycles. The molecule has 1 atom stereocenters. The predicted molar refractivity (Wildman–Crippen MR) is 61.8 cm³/mol. The summed E-state index contributed by atoms with van der Waals surface area (Å²) < 4.78 is 4.62. The van der Waals surface area contributed by atoms with E-state index >= 15 is 0 Å². The van der Waals surface area contributed by atoms with Gasteiger partial charge in [0, 0.05) is 16.0 Å². The van der Waals surface area contributed by atoms with E-state index in [1.807, 2.05) is 0 Å². The van der Waals surface area contributed by atoms with Gasteiger partial charge >= 0.3 is 6.09 Å². The van der Waals surface area contributed by atoms with Gasteiger partial charge in [0.2, 0.25) is 0 Å². The van der Waals surface area contributed by atoms with Crippen LogP contribution in [0.3, 0.4) is 0 Å². The van der Waals surface area contributed by atoms with Gasteiger partial charge in [-0.1, -0.05) is 29.3 Å². The molecule has 1 rings (SSSR count). The SMILES string of the molecule is NC(=O)OC[C@H](CO)c1ccc(Cl)cc1Cl. The van der Waals surface area contributed by atoms with Crippen molar-refractivity contribution in [1.82, 2.24) is 0 Å². The zero-order chi connectivity index (χ0) is 12.1. The van der Waals surface area contributed by atoms with Crippen molar-refractivity contribution in [3.63, 3.8) is 0 Å². The van der Waals surface area contributed by atoms with E-state index in [4.69, 9.17) is 34.0 Å². The molecule has 0 radical (unpaired) electrons. The summed E-state index contributed by atoms with van der Waals surface area (Å²) in [6.07, 6.45) is -0.886. The van der Waals surface area contributed by atoms with E-state index in [9.17, 15) is 4.79 Å². The van der Waals surface area contributed by atoms with Gasteiger partial charge in [-0.15, -0.1) is 0 Å². The Morgan fingerprint density at radius 2 is 2.19 bits per heavy atom. The monoisotopic (exact) mass is 263 g/mol. The van der Waals surface area contributed by atoms with Crippen LogP contribution in [0, 0.1) is 0 Å². The molecule has 4 nitrogen and oxygen atoms in total. The Morgan fingerprint density at radius 3 is 2.69 bits per heavy atom. The third kappa shape index (κ3) is 3.56. The summed E-state index contributed by atoms with van der Waals surface area (Å²) in [5, 5.41) is 10.1. The maximum absolute atomic E-state index is 10.5. The molecule has 16 heavy (non-hydrogen) atoms. The van der Waals surface area contributed by atoms with Crippen molar-refractivity contribution >= 4 is 29.3 Å². The minimum Gasteiger partial charge on any atom is -0.449 e. The fraction of sp³-hybridized carbons (Fsp3) is 0.300. The highest BCUT2D eigenvalue weighted by atomic mass is 35.5. The van der Waals surface area contributed by atoms with Gasteiger partial charge in [-0.3, -0.25) is 0 Å². The quantitative estimate of drug-likeness (QED) is 0.875. The first-order chi connectivity index (χ1) is 7.54. The van der Waals surface area contributed by atoms with Crippen molar-refractivity contribution < 1.29 is 14.6 Å². The van der Waals surface area contributed by atoms with Gasteiger partial charge in [0.05, 0.1) is 6.61 Å². The average molecular weight is 264 g/mol. The maximum Gasteiger partial charge on any atom is 0.404 e. The Kier molecular flexibility index (Phi) is 4.86. The number of benzene rings is 1. The van der Waals surface area contributed by atoms with E-state index in [1.165, 1.54) is 0 Å². The highest BCUT2D eigenvalue weighted by Gasteiger charge is 2.15. The molecule has 3 N–H and O–H groups in total. The zero-order valence-corrected chi connectivity index (χ0v) is 9.83. The molecule has 0 spiro atoms. The van der Waals surface area contributed by atoms with Crippen molar-refractivity contribution in [2.75, 3.05) is 13.2 Å². The summed E-state index contributed by atoms with van der Waals surface area (Å²) >= 11 is 11.7. The molecular weight excluding hydrogens is 253 g/mol. The van der Waals surface area contributed by atoms with Crippen molar-refractivity contribution in [1.29, 1.82) is 0 Å². The van der Waals surface area contributed by atoms with E-state index in [2.05, 4.69) is 4.74 Å². The molecule has 0 aliphatic rings. The van der Waals surface area contributed by atoms with Gasteiger partial charge in [0.15, 0.2) is 0 Å². The van der Waals surface area contributed by atoms with Crippen molar-refractivity contribution in [3.05, 3.63) is 33.8 Å². The van der Waals surface area contributed by atoms with Crippen LogP contribution >= 0.6 is 23.2 Å². The molecule has 1 aromatic rings. The van der Waals surface area contributed by atoms with Gasteiger partial charge in [-0.25, -0.2) is 4.79 Å². The molecule has 0 aliphatic carbocycles. The molecule has 1 aromatic carbocycles. The second-order valence-electron chi connectivity index (χ2n) is 3.18. The summed E-state index contributed by atoms with van der Waals surface area (Å²) in [4.78, 5) is 10.5. The minimum absolute atomic E-state index is 0.0206. The number of carbonyl (C=O) groups excluding carboxylic acids is 1. The third-order valence-electron chi connectivity index (χ3n) is 2.05. The molecular formula is C10H11Cl2NO3. The smallest absolute Gasteiger partial charge is 0.404 e. The lowest BCUT2D eigenvalue weighted by Crippen LogP contribution is -2.20. The summed E-state index contributed by atoms with van der Waals surface area (Å²) in [6, 6.07) is 4.89. The zero-order valence-electron chi connectivity index (χ0n) is 8.32. The van der Waals surface area contributed by atoms with Gasteiger partial charge < -0.3 is 15.6 Å². The highest BCUT2D eigenvalue weighted by Crippen LogP contribution is 2.27. The second kappa shape index (κ2) is 5.94. The molecule has 88 valence electrons. The number of aliphatic hydroxyl groups excluding tert-OH is 1. The second-order valence-corrected chi connectivity index (χ2v) is 4.02. The van der Waals surface area contributed by atoms with Crippen LogP contribution < -0.4 is 5.73 Å². The Morgan fingerprint density at radius 1 is 1.50 bits per heavy atom. The number of ether oxygens (including phenoxy) is 1. The molecule has 0 saturated heterocycles. The van der Waals surface area contributed by atoms with Gasteiger partial charge in [-0.05, 0) is 17.7 Å². The molecule has 0 unspecified atom stereocenters. The molecule has 0 aliphatic heterocycles. The Labute approximate surface area is 103 Å². The minimum atomic E-state index is -0.886. The lowest BCUT2D eigenvalue weighted by atomic mass is 10.0. The van der Waals surface area contributed by atoms with Crippen LogP contribution in [0.1, 0.15) is 11.5 Å². The topological polar surface area (TPSA) is 72.6 Å². The van der Waals surface area contributed by atoms with E-state index < -0.39 is 12.0 Å². The van der Waals surface area contributed by atoms with E-state index in [-0.39, 0.29) is 13.2 Å². The molecule has 0 fully saturated rings. The number of rotatable bonds is 4. The molecule has 0 bridgehead atoms. The van der Waals surface area contributed by atoms with E-state index in [1.54, 1.807) is 18.2 Å². The van der Waals surface area contributed by atoms with Gasteiger partial charge in [0.1, 0.15) is 6.61 Å². The number of amides is 1. The summed E-state index contributed by atoms with van der Waals surface area (Å²) in [6.45, 7) is -0.220. The number of aliphatic hydroxyl groups is 1. The Hall–Kier alpha value is -0.970. The molecule has 6 heteroatoms.